The molecule has 0 aliphatic rings. The molecule has 0 radical (unpaired) electrons. The molecule has 0 unspecified atom stereocenters. The van der Waals surface area contributed by atoms with Crippen LogP contribution in [0.4, 0.5) is 5.69 Å². The van der Waals surface area contributed by atoms with Gasteiger partial charge in [-0.2, -0.15) is 0 Å². The Bertz CT molecular complexity index is 801. The molecule has 0 bridgehead atoms. The highest BCUT2D eigenvalue weighted by Crippen LogP contribution is 2.28. The van der Waals surface area contributed by atoms with E-state index < -0.39 is 11.5 Å². The number of hydrogen-bond donors (Lipinski definition) is 2. The number of nitrogens with zero attached hydrogens (tertiary/aromatic N) is 2. The number of halogens is 1. The number of rotatable bonds is 4. The van der Waals surface area contributed by atoms with Gasteiger partial charge in [-0.15, -0.1) is 0 Å². The molecule has 3 N–H and O–H groups in total. The summed E-state index contributed by atoms with van der Waals surface area (Å²) in [5.74, 6) is -0.910. The summed E-state index contributed by atoms with van der Waals surface area (Å²) in [4.78, 5) is 38.2. The molecule has 1 heterocycles. The Balaban J connectivity index is 2.48. The van der Waals surface area contributed by atoms with Crippen LogP contribution >= 0.6 is 11.6 Å². The molecular formula is C14H13ClN4O3. The minimum absolute atomic E-state index is 0.245. The number of nitrogens with two attached hydrogens (primary N) is 1. The molecule has 0 saturated heterocycles. The third-order valence-electron chi connectivity index (χ3n) is 2.77. The minimum atomic E-state index is -0.637. The van der Waals surface area contributed by atoms with Gasteiger partial charge < -0.3 is 11.1 Å². The van der Waals surface area contributed by atoms with E-state index in [1.165, 1.54) is 19.3 Å². The molecule has 0 fully saturated rings. The Hall–Kier alpha value is -2.67. The topological polar surface area (TPSA) is 107 Å². The Kier molecular flexibility index (Phi) is 4.57. The maximum absolute atomic E-state index is 12.0. The zero-order valence-corrected chi connectivity index (χ0v) is 12.4. The van der Waals surface area contributed by atoms with Crippen molar-refractivity contribution in [1.29, 1.82) is 0 Å². The minimum Gasteiger partial charge on any atom is -0.368 e. The SMILES string of the molecule is CC(=O)Nc1cc(Cl)ccc1-c1cc(=O)n(CC(N)=O)cn1. The fourth-order valence-corrected chi connectivity index (χ4v) is 2.06. The van der Waals surface area contributed by atoms with Crippen LogP contribution in [0, 0.1) is 0 Å². The van der Waals surface area contributed by atoms with E-state index in [1.807, 2.05) is 0 Å². The van der Waals surface area contributed by atoms with E-state index in [2.05, 4.69) is 10.3 Å². The lowest BCUT2D eigenvalue weighted by Crippen LogP contribution is -2.27. The van der Waals surface area contributed by atoms with Gasteiger partial charge in [0.1, 0.15) is 6.54 Å². The summed E-state index contributed by atoms with van der Waals surface area (Å²) in [6.45, 7) is 1.12. The summed E-state index contributed by atoms with van der Waals surface area (Å²) >= 11 is 5.91. The molecular weight excluding hydrogens is 308 g/mol. The summed E-state index contributed by atoms with van der Waals surface area (Å²) in [6, 6.07) is 6.10. The molecule has 0 aliphatic carbocycles. The maximum atomic E-state index is 12.0. The van der Waals surface area contributed by atoms with Crippen molar-refractivity contribution in [3.8, 4) is 11.3 Å². The first-order valence-electron chi connectivity index (χ1n) is 6.29. The first-order valence-corrected chi connectivity index (χ1v) is 6.67. The van der Waals surface area contributed by atoms with Crippen molar-refractivity contribution in [2.75, 3.05) is 5.32 Å². The fourth-order valence-electron chi connectivity index (χ4n) is 1.89. The van der Waals surface area contributed by atoms with Crippen LogP contribution in [0.2, 0.25) is 5.02 Å². The number of carbonyl (C=O) groups is 2. The normalized spacial score (nSPS) is 10.3. The summed E-state index contributed by atoms with van der Waals surface area (Å²) in [5.41, 5.74) is 5.97. The lowest BCUT2D eigenvalue weighted by Gasteiger charge is -2.10. The van der Waals surface area contributed by atoms with E-state index in [0.717, 1.165) is 4.57 Å². The summed E-state index contributed by atoms with van der Waals surface area (Å²) in [6.07, 6.45) is 1.23. The molecule has 0 atom stereocenters. The molecule has 0 aliphatic heterocycles. The predicted molar refractivity (Wildman–Crippen MR) is 82.4 cm³/mol. The Morgan fingerprint density at radius 3 is 2.68 bits per heavy atom. The van der Waals surface area contributed by atoms with E-state index in [9.17, 15) is 14.4 Å². The van der Waals surface area contributed by atoms with Crippen LogP contribution in [0.1, 0.15) is 6.92 Å². The van der Waals surface area contributed by atoms with E-state index >= 15 is 0 Å². The second-order valence-corrected chi connectivity index (χ2v) is 5.01. The van der Waals surface area contributed by atoms with Crippen molar-refractivity contribution < 1.29 is 9.59 Å². The van der Waals surface area contributed by atoms with Crippen molar-refractivity contribution in [3.63, 3.8) is 0 Å². The van der Waals surface area contributed by atoms with Gasteiger partial charge in [0.15, 0.2) is 0 Å². The molecule has 0 saturated carbocycles. The fraction of sp³-hybridized carbons (Fsp3) is 0.143. The van der Waals surface area contributed by atoms with E-state index in [4.69, 9.17) is 17.3 Å². The first-order chi connectivity index (χ1) is 10.4. The van der Waals surface area contributed by atoms with Gasteiger partial charge in [-0.05, 0) is 18.2 Å². The molecule has 0 spiro atoms. The summed E-state index contributed by atoms with van der Waals surface area (Å²) in [7, 11) is 0. The molecule has 8 heteroatoms. The van der Waals surface area contributed by atoms with Crippen LogP contribution in [0.5, 0.6) is 0 Å². The predicted octanol–water partition coefficient (Wildman–Crippen LogP) is 1.01. The van der Waals surface area contributed by atoms with Crippen LogP contribution in [-0.2, 0) is 16.1 Å². The smallest absolute Gasteiger partial charge is 0.254 e. The van der Waals surface area contributed by atoms with Crippen LogP contribution in [0.15, 0.2) is 35.4 Å². The molecule has 114 valence electrons. The largest absolute Gasteiger partial charge is 0.368 e. The number of amides is 2. The highest BCUT2D eigenvalue weighted by Gasteiger charge is 2.11. The highest BCUT2D eigenvalue weighted by atomic mass is 35.5. The zero-order valence-electron chi connectivity index (χ0n) is 11.7. The second kappa shape index (κ2) is 6.40. The average Bonchev–Trinajstić information content (AvgIpc) is 2.40. The van der Waals surface area contributed by atoms with E-state index in [1.54, 1.807) is 18.2 Å². The van der Waals surface area contributed by atoms with Gasteiger partial charge in [0, 0.05) is 23.6 Å². The quantitative estimate of drug-likeness (QED) is 0.876. The number of carbonyl (C=O) groups excluding carboxylic acids is 2. The molecule has 22 heavy (non-hydrogen) atoms. The number of aromatic nitrogens is 2. The molecule has 1 aromatic carbocycles. The molecule has 7 nitrogen and oxygen atoms in total. The molecule has 2 amide bonds. The van der Waals surface area contributed by atoms with Crippen molar-refractivity contribution in [3.05, 3.63) is 46.0 Å². The van der Waals surface area contributed by atoms with Gasteiger partial charge in [-0.1, -0.05) is 11.6 Å². The Labute approximate surface area is 130 Å². The van der Waals surface area contributed by atoms with E-state index in [0.29, 0.717) is 22.0 Å². The first kappa shape index (κ1) is 15.7. The van der Waals surface area contributed by atoms with Gasteiger partial charge in [-0.25, -0.2) is 4.98 Å². The third kappa shape index (κ3) is 3.70. The summed E-state index contributed by atoms with van der Waals surface area (Å²) < 4.78 is 1.10. The van der Waals surface area contributed by atoms with Gasteiger partial charge >= 0.3 is 0 Å². The maximum Gasteiger partial charge on any atom is 0.254 e. The van der Waals surface area contributed by atoms with Gasteiger partial charge in [0.05, 0.1) is 17.7 Å². The summed E-state index contributed by atoms with van der Waals surface area (Å²) in [5, 5.41) is 3.07. The standard InChI is InChI=1S/C14H13ClN4O3/c1-8(20)18-12-4-9(15)2-3-10(12)11-5-14(22)19(7-17-11)6-13(16)21/h2-5,7H,6H2,1H3,(H2,16,21)(H,18,20). The number of anilines is 1. The highest BCUT2D eigenvalue weighted by molar-refractivity contribution is 6.31. The van der Waals surface area contributed by atoms with Gasteiger partial charge in [0.2, 0.25) is 11.8 Å². The van der Waals surface area contributed by atoms with Crippen LogP contribution in [0.25, 0.3) is 11.3 Å². The average molecular weight is 321 g/mol. The van der Waals surface area contributed by atoms with Crippen molar-refractivity contribution in [1.82, 2.24) is 9.55 Å². The Morgan fingerprint density at radius 1 is 1.36 bits per heavy atom. The number of primary amides is 1. The van der Waals surface area contributed by atoms with Crippen LogP contribution in [-0.4, -0.2) is 21.4 Å². The van der Waals surface area contributed by atoms with Gasteiger partial charge in [0.25, 0.3) is 5.56 Å². The third-order valence-corrected chi connectivity index (χ3v) is 3.01. The number of benzene rings is 1. The van der Waals surface area contributed by atoms with E-state index in [-0.39, 0.29) is 12.5 Å². The van der Waals surface area contributed by atoms with Crippen LogP contribution < -0.4 is 16.6 Å². The van der Waals surface area contributed by atoms with Crippen molar-refractivity contribution >= 4 is 29.1 Å². The second-order valence-electron chi connectivity index (χ2n) is 4.58. The molecule has 2 rings (SSSR count). The number of hydrogen-bond acceptors (Lipinski definition) is 4. The van der Waals surface area contributed by atoms with Gasteiger partial charge in [-0.3, -0.25) is 19.0 Å². The monoisotopic (exact) mass is 320 g/mol. The van der Waals surface area contributed by atoms with Crippen molar-refractivity contribution in [2.45, 2.75) is 13.5 Å². The van der Waals surface area contributed by atoms with Crippen molar-refractivity contribution in [2.24, 2.45) is 5.73 Å². The lowest BCUT2D eigenvalue weighted by atomic mass is 10.1. The molecule has 1 aromatic heterocycles. The lowest BCUT2D eigenvalue weighted by molar-refractivity contribution is -0.118. The Morgan fingerprint density at radius 2 is 2.09 bits per heavy atom. The zero-order chi connectivity index (χ0) is 16.3. The van der Waals surface area contributed by atoms with Crippen LogP contribution in [0.3, 0.4) is 0 Å². The molecule has 2 aromatic rings. The number of nitrogens with one attached hydrogen (secondary N) is 1.